The first-order valence-corrected chi connectivity index (χ1v) is 12.6. The molecular weight excluding hydrogens is 410 g/mol. The third-order valence-electron chi connectivity index (χ3n) is 8.39. The van der Waals surface area contributed by atoms with Gasteiger partial charge >= 0.3 is 0 Å². The maximum Gasteiger partial charge on any atom is 0.246 e. The van der Waals surface area contributed by atoms with Crippen LogP contribution in [0.4, 0.5) is 0 Å². The summed E-state index contributed by atoms with van der Waals surface area (Å²) in [6.07, 6.45) is 7.92. The van der Waals surface area contributed by atoms with Crippen molar-refractivity contribution in [3.8, 4) is 0 Å². The molecule has 1 aliphatic carbocycles. The number of carbonyl (C=O) groups is 3. The molecule has 32 heavy (non-hydrogen) atoms. The van der Waals surface area contributed by atoms with Crippen LogP contribution in [0.2, 0.25) is 0 Å². The molecule has 1 spiro atoms. The summed E-state index contributed by atoms with van der Waals surface area (Å²) in [5.74, 6) is -1.89. The van der Waals surface area contributed by atoms with Crippen LogP contribution in [0.5, 0.6) is 0 Å². The summed E-state index contributed by atoms with van der Waals surface area (Å²) < 4.78 is 6.69. The molecule has 6 atom stereocenters. The van der Waals surface area contributed by atoms with Gasteiger partial charge in [0.2, 0.25) is 17.7 Å². The van der Waals surface area contributed by atoms with E-state index in [-0.39, 0.29) is 30.4 Å². The van der Waals surface area contributed by atoms with Crippen molar-refractivity contribution in [3.05, 3.63) is 0 Å². The average molecular weight is 450 g/mol. The summed E-state index contributed by atoms with van der Waals surface area (Å²) in [7, 11) is 0. The third kappa shape index (κ3) is 3.45. The lowest BCUT2D eigenvalue weighted by Crippen LogP contribution is -2.59. The first-order chi connectivity index (χ1) is 15.3. The number of likely N-dealkylation sites (tertiary alicyclic amines) is 1. The van der Waals surface area contributed by atoms with Crippen molar-refractivity contribution in [2.24, 2.45) is 11.8 Å². The molecule has 0 aromatic rings. The zero-order chi connectivity index (χ0) is 23.1. The minimum Gasteiger partial charge on any atom is -0.394 e. The van der Waals surface area contributed by atoms with E-state index in [1.165, 1.54) is 11.3 Å². The molecule has 3 aliphatic heterocycles. The lowest BCUT2D eigenvalue weighted by atomic mass is 9.65. The average Bonchev–Trinajstić information content (AvgIpc) is 3.41. The number of amides is 3. The Kier molecular flexibility index (Phi) is 6.56. The first kappa shape index (κ1) is 23.5. The van der Waals surface area contributed by atoms with Crippen LogP contribution in [-0.2, 0) is 19.1 Å². The predicted molar refractivity (Wildman–Crippen MR) is 119 cm³/mol. The summed E-state index contributed by atoms with van der Waals surface area (Å²) in [6, 6.07) is -1.24. The van der Waals surface area contributed by atoms with Crippen LogP contribution in [-0.4, -0.2) is 70.2 Å². The monoisotopic (exact) mass is 449 g/mol. The third-order valence-corrected chi connectivity index (χ3v) is 8.39. The molecule has 0 aromatic carbocycles. The second-order valence-electron chi connectivity index (χ2n) is 10.2. The van der Waals surface area contributed by atoms with Gasteiger partial charge in [0.1, 0.15) is 11.6 Å². The molecule has 4 aliphatic rings. The molecule has 3 amide bonds. The molecule has 3 saturated heterocycles. The van der Waals surface area contributed by atoms with Gasteiger partial charge in [-0.1, -0.05) is 33.1 Å². The highest BCUT2D eigenvalue weighted by Crippen LogP contribution is 2.64. The van der Waals surface area contributed by atoms with Crippen LogP contribution in [0, 0.1) is 11.8 Å². The number of ether oxygens (including phenoxy) is 1. The van der Waals surface area contributed by atoms with Crippen molar-refractivity contribution in [1.82, 2.24) is 15.5 Å². The zero-order valence-corrected chi connectivity index (χ0v) is 19.7. The van der Waals surface area contributed by atoms with E-state index in [2.05, 4.69) is 10.6 Å². The molecule has 4 fully saturated rings. The summed E-state index contributed by atoms with van der Waals surface area (Å²) in [4.78, 5) is 42.3. The van der Waals surface area contributed by atoms with Crippen molar-refractivity contribution < 1.29 is 24.2 Å². The number of hydrogen-bond donors (Lipinski definition) is 3. The number of carbonyl (C=O) groups excluding carboxylic acids is 3. The second kappa shape index (κ2) is 8.93. The van der Waals surface area contributed by atoms with Gasteiger partial charge in [0.05, 0.1) is 30.1 Å². The number of nitrogens with zero attached hydrogens (tertiary/aromatic N) is 1. The number of hydrogen-bond acceptors (Lipinski definition) is 5. The van der Waals surface area contributed by atoms with E-state index in [1.807, 2.05) is 13.8 Å². The van der Waals surface area contributed by atoms with Crippen molar-refractivity contribution in [3.63, 3.8) is 0 Å². The van der Waals surface area contributed by atoms with Gasteiger partial charge in [0, 0.05) is 12.6 Å². The molecule has 0 radical (unpaired) electrons. The van der Waals surface area contributed by atoms with Crippen LogP contribution >= 0.6 is 0 Å². The summed E-state index contributed by atoms with van der Waals surface area (Å²) in [6.45, 7) is 6.05. The minimum atomic E-state index is -1.01. The van der Waals surface area contributed by atoms with Gasteiger partial charge in [-0.25, -0.2) is 0 Å². The molecule has 8 heteroatoms. The molecule has 0 aromatic heterocycles. The van der Waals surface area contributed by atoms with E-state index >= 15 is 0 Å². The lowest BCUT2D eigenvalue weighted by Gasteiger charge is -2.37. The normalized spacial score (nSPS) is 37.4. The number of aliphatic hydroxyl groups excluding tert-OH is 1. The Balaban J connectivity index is 1.70. The molecule has 3 N–H and O–H groups in total. The van der Waals surface area contributed by atoms with Crippen LogP contribution in [0.25, 0.3) is 0 Å². The van der Waals surface area contributed by atoms with Crippen molar-refractivity contribution >= 4 is 17.7 Å². The van der Waals surface area contributed by atoms with Crippen molar-refractivity contribution in [2.75, 3.05) is 13.2 Å². The maximum absolute atomic E-state index is 13.8. The van der Waals surface area contributed by atoms with Crippen LogP contribution in [0.3, 0.4) is 0 Å². The quantitative estimate of drug-likeness (QED) is 0.520. The highest BCUT2D eigenvalue weighted by Gasteiger charge is 2.78. The SMILES string of the molecule is CCCNC(=O)[C@H]1[C@H]2C(=O)N([C@H](C)CO)C(C(=O)NC3CCCCC3)C23CC[C@]1(CC)O3. The van der Waals surface area contributed by atoms with E-state index in [9.17, 15) is 19.5 Å². The van der Waals surface area contributed by atoms with E-state index in [0.29, 0.717) is 25.8 Å². The van der Waals surface area contributed by atoms with Gasteiger partial charge < -0.3 is 25.4 Å². The Labute approximate surface area is 190 Å². The summed E-state index contributed by atoms with van der Waals surface area (Å²) in [5.41, 5.74) is -1.72. The topological polar surface area (TPSA) is 108 Å². The number of fused-ring (bicyclic) bond motifs is 1. The lowest BCUT2D eigenvalue weighted by molar-refractivity contribution is -0.151. The van der Waals surface area contributed by atoms with Gasteiger partial charge in [-0.3, -0.25) is 14.4 Å². The number of aliphatic hydroxyl groups is 1. The standard InChI is InChI=1S/C24H39N3O5/c1-4-13-25-20(29)17-18-22(31)27(15(3)14-28)19(21(30)26-16-9-7-6-8-10-16)24(18)12-11-23(17,5-2)32-24/h15-19,28H,4-14H2,1-3H3,(H,25,29)(H,26,30)/t15-,17-,18+,19?,23+,24?/m1/s1. The molecular formula is C24H39N3O5. The van der Waals surface area contributed by atoms with E-state index in [1.54, 1.807) is 6.92 Å². The van der Waals surface area contributed by atoms with Gasteiger partial charge in [-0.2, -0.15) is 0 Å². The van der Waals surface area contributed by atoms with Crippen LogP contribution < -0.4 is 10.6 Å². The summed E-state index contributed by atoms with van der Waals surface area (Å²) in [5, 5.41) is 16.1. The Morgan fingerprint density at radius 1 is 1.19 bits per heavy atom. The molecule has 2 unspecified atom stereocenters. The summed E-state index contributed by atoms with van der Waals surface area (Å²) >= 11 is 0. The van der Waals surface area contributed by atoms with Gasteiger partial charge in [0.15, 0.2) is 0 Å². The Hall–Kier alpha value is -1.67. The highest BCUT2D eigenvalue weighted by atomic mass is 16.5. The fourth-order valence-electron chi connectivity index (χ4n) is 6.80. The molecule has 2 bridgehead atoms. The van der Waals surface area contributed by atoms with E-state index < -0.39 is 35.1 Å². The largest absolute Gasteiger partial charge is 0.394 e. The van der Waals surface area contributed by atoms with Crippen LogP contribution in [0.1, 0.15) is 78.6 Å². The van der Waals surface area contributed by atoms with Gasteiger partial charge in [-0.05, 0) is 45.4 Å². The Morgan fingerprint density at radius 3 is 2.53 bits per heavy atom. The smallest absolute Gasteiger partial charge is 0.246 e. The van der Waals surface area contributed by atoms with Crippen molar-refractivity contribution in [2.45, 2.75) is 108 Å². The fourth-order valence-corrected chi connectivity index (χ4v) is 6.80. The number of nitrogens with one attached hydrogen (secondary N) is 2. The second-order valence-corrected chi connectivity index (χ2v) is 10.2. The Morgan fingerprint density at radius 2 is 1.91 bits per heavy atom. The predicted octanol–water partition coefficient (Wildman–Crippen LogP) is 1.50. The molecule has 4 rings (SSSR count). The van der Waals surface area contributed by atoms with E-state index in [4.69, 9.17) is 4.74 Å². The zero-order valence-electron chi connectivity index (χ0n) is 19.7. The van der Waals surface area contributed by atoms with Crippen molar-refractivity contribution in [1.29, 1.82) is 0 Å². The molecule has 3 heterocycles. The maximum atomic E-state index is 13.8. The molecule has 8 nitrogen and oxygen atoms in total. The highest BCUT2D eigenvalue weighted by molar-refractivity contribution is 5.99. The molecule has 180 valence electrons. The van der Waals surface area contributed by atoms with Gasteiger partial charge in [-0.15, -0.1) is 0 Å². The first-order valence-electron chi connectivity index (χ1n) is 12.6. The number of rotatable bonds is 8. The van der Waals surface area contributed by atoms with Crippen LogP contribution in [0.15, 0.2) is 0 Å². The van der Waals surface area contributed by atoms with Gasteiger partial charge in [0.25, 0.3) is 0 Å². The minimum absolute atomic E-state index is 0.107. The molecule has 1 saturated carbocycles. The van der Waals surface area contributed by atoms with E-state index in [0.717, 1.165) is 32.1 Å². The Bertz CT molecular complexity index is 754. The fraction of sp³-hybridized carbons (Fsp3) is 0.875.